The lowest BCUT2D eigenvalue weighted by molar-refractivity contribution is -0.130. The third-order valence-electron chi connectivity index (χ3n) is 1.88. The molecule has 0 bridgehead atoms. The van der Waals surface area contributed by atoms with Gasteiger partial charge in [-0.3, -0.25) is 14.9 Å². The van der Waals surface area contributed by atoms with Crippen molar-refractivity contribution in [2.45, 2.75) is 19.4 Å². The number of hydrogen-bond donors (Lipinski definition) is 2. The lowest BCUT2D eigenvalue weighted by Crippen LogP contribution is -2.42. The van der Waals surface area contributed by atoms with E-state index in [0.717, 1.165) is 5.56 Å². The van der Waals surface area contributed by atoms with Gasteiger partial charge < -0.3 is 5.73 Å². The maximum atomic E-state index is 11.3. The standard InChI is InChI=1S/C11H14N2O2/c1-8(12)11(15)13-10(14)7-9-5-3-2-4-6-9/h2-6,8H,7,12H2,1H3,(H,13,14,15)/t8-/m0/s1. The number of benzene rings is 1. The number of carbonyl (C=O) groups is 2. The molecule has 0 aliphatic carbocycles. The zero-order valence-electron chi connectivity index (χ0n) is 8.57. The van der Waals surface area contributed by atoms with Crippen LogP contribution in [0.1, 0.15) is 12.5 Å². The summed E-state index contributed by atoms with van der Waals surface area (Å²) in [4.78, 5) is 22.4. The van der Waals surface area contributed by atoms with Gasteiger partial charge in [0.1, 0.15) is 0 Å². The molecule has 0 aliphatic heterocycles. The summed E-state index contributed by atoms with van der Waals surface area (Å²) in [5, 5.41) is 2.22. The quantitative estimate of drug-likeness (QED) is 0.743. The Balaban J connectivity index is 2.47. The van der Waals surface area contributed by atoms with Crippen molar-refractivity contribution in [2.24, 2.45) is 5.73 Å². The number of nitrogens with two attached hydrogens (primary N) is 1. The molecule has 4 nitrogen and oxygen atoms in total. The fourth-order valence-corrected chi connectivity index (χ4v) is 1.08. The minimum atomic E-state index is -0.662. The van der Waals surface area contributed by atoms with Crippen molar-refractivity contribution in [3.05, 3.63) is 35.9 Å². The molecule has 1 aromatic carbocycles. The van der Waals surface area contributed by atoms with E-state index >= 15 is 0 Å². The second-order valence-electron chi connectivity index (χ2n) is 3.36. The Bertz CT molecular complexity index is 347. The minimum Gasteiger partial charge on any atom is -0.320 e. The Hall–Kier alpha value is -1.68. The maximum absolute atomic E-state index is 11.3. The maximum Gasteiger partial charge on any atom is 0.243 e. The van der Waals surface area contributed by atoms with Gasteiger partial charge >= 0.3 is 0 Å². The van der Waals surface area contributed by atoms with Gasteiger partial charge in [0.25, 0.3) is 0 Å². The summed E-state index contributed by atoms with van der Waals surface area (Å²) < 4.78 is 0. The Morgan fingerprint density at radius 3 is 2.47 bits per heavy atom. The van der Waals surface area contributed by atoms with Crippen LogP contribution < -0.4 is 11.1 Å². The molecule has 0 saturated carbocycles. The third-order valence-corrected chi connectivity index (χ3v) is 1.88. The van der Waals surface area contributed by atoms with E-state index in [0.29, 0.717) is 0 Å². The fraction of sp³-hybridized carbons (Fsp3) is 0.273. The molecular weight excluding hydrogens is 192 g/mol. The van der Waals surface area contributed by atoms with Gasteiger partial charge in [-0.05, 0) is 12.5 Å². The van der Waals surface area contributed by atoms with Gasteiger partial charge in [0, 0.05) is 0 Å². The Morgan fingerprint density at radius 1 is 1.33 bits per heavy atom. The van der Waals surface area contributed by atoms with Crippen LogP contribution in [-0.4, -0.2) is 17.9 Å². The molecule has 0 aliphatic rings. The molecule has 4 heteroatoms. The normalized spacial score (nSPS) is 11.9. The second kappa shape index (κ2) is 5.26. The summed E-state index contributed by atoms with van der Waals surface area (Å²) in [7, 11) is 0. The largest absolute Gasteiger partial charge is 0.320 e. The van der Waals surface area contributed by atoms with E-state index in [4.69, 9.17) is 5.73 Å². The lowest BCUT2D eigenvalue weighted by atomic mass is 10.1. The van der Waals surface area contributed by atoms with Gasteiger partial charge in [0.05, 0.1) is 12.5 Å². The number of hydrogen-bond acceptors (Lipinski definition) is 3. The molecule has 1 rings (SSSR count). The van der Waals surface area contributed by atoms with Crippen LogP contribution in [0.5, 0.6) is 0 Å². The van der Waals surface area contributed by atoms with Crippen molar-refractivity contribution in [3.8, 4) is 0 Å². The third kappa shape index (κ3) is 3.91. The summed E-state index contributed by atoms with van der Waals surface area (Å²) in [6, 6.07) is 8.55. The molecule has 3 N–H and O–H groups in total. The molecule has 15 heavy (non-hydrogen) atoms. The average molecular weight is 206 g/mol. The number of nitrogens with one attached hydrogen (secondary N) is 1. The molecule has 0 fully saturated rings. The van der Waals surface area contributed by atoms with E-state index in [1.54, 1.807) is 0 Å². The lowest BCUT2D eigenvalue weighted by Gasteiger charge is -2.06. The van der Waals surface area contributed by atoms with E-state index < -0.39 is 11.9 Å². The highest BCUT2D eigenvalue weighted by Gasteiger charge is 2.11. The molecule has 1 aromatic rings. The number of imide groups is 1. The van der Waals surface area contributed by atoms with Crippen LogP contribution in [0, 0.1) is 0 Å². The van der Waals surface area contributed by atoms with Crippen molar-refractivity contribution in [2.75, 3.05) is 0 Å². The zero-order valence-corrected chi connectivity index (χ0v) is 8.57. The Labute approximate surface area is 88.5 Å². The summed E-state index contributed by atoms with van der Waals surface area (Å²) in [6.07, 6.45) is 0.194. The summed E-state index contributed by atoms with van der Waals surface area (Å²) >= 11 is 0. The van der Waals surface area contributed by atoms with Gasteiger partial charge in [-0.15, -0.1) is 0 Å². The molecule has 0 aromatic heterocycles. The first-order valence-electron chi connectivity index (χ1n) is 4.73. The second-order valence-corrected chi connectivity index (χ2v) is 3.36. The molecule has 0 spiro atoms. The summed E-state index contributed by atoms with van der Waals surface area (Å²) in [6.45, 7) is 1.53. The van der Waals surface area contributed by atoms with E-state index in [-0.39, 0.29) is 12.3 Å². The molecule has 1 atom stereocenters. The highest BCUT2D eigenvalue weighted by Crippen LogP contribution is 1.98. The van der Waals surface area contributed by atoms with Gasteiger partial charge in [-0.2, -0.15) is 0 Å². The SMILES string of the molecule is C[C@H](N)C(=O)NC(=O)Cc1ccccc1. The highest BCUT2D eigenvalue weighted by atomic mass is 16.2. The van der Waals surface area contributed by atoms with E-state index in [1.807, 2.05) is 30.3 Å². The highest BCUT2D eigenvalue weighted by molar-refractivity contribution is 5.98. The van der Waals surface area contributed by atoms with Crippen molar-refractivity contribution in [1.82, 2.24) is 5.32 Å². The molecule has 0 heterocycles. The van der Waals surface area contributed by atoms with Gasteiger partial charge in [-0.1, -0.05) is 30.3 Å². The topological polar surface area (TPSA) is 72.2 Å². The van der Waals surface area contributed by atoms with Crippen LogP contribution in [0.2, 0.25) is 0 Å². The molecule has 0 radical (unpaired) electrons. The van der Waals surface area contributed by atoms with E-state index in [1.165, 1.54) is 6.92 Å². The predicted octanol–water partition coefficient (Wildman–Crippen LogP) is 0.219. The van der Waals surface area contributed by atoms with E-state index in [9.17, 15) is 9.59 Å². The van der Waals surface area contributed by atoms with Gasteiger partial charge in [0.15, 0.2) is 0 Å². The van der Waals surface area contributed by atoms with Gasteiger partial charge in [0.2, 0.25) is 11.8 Å². The first-order chi connectivity index (χ1) is 7.09. The molecule has 80 valence electrons. The average Bonchev–Trinajstić information content (AvgIpc) is 2.18. The molecular formula is C11H14N2O2. The van der Waals surface area contributed by atoms with Crippen LogP contribution in [0.4, 0.5) is 0 Å². The number of rotatable bonds is 3. The van der Waals surface area contributed by atoms with Crippen molar-refractivity contribution in [3.63, 3.8) is 0 Å². The Kier molecular flexibility index (Phi) is 4.00. The predicted molar refractivity (Wildman–Crippen MR) is 56.9 cm³/mol. The van der Waals surface area contributed by atoms with Crippen LogP contribution in [0.25, 0.3) is 0 Å². The number of carbonyl (C=O) groups excluding carboxylic acids is 2. The number of amides is 2. The van der Waals surface area contributed by atoms with Crippen molar-refractivity contribution >= 4 is 11.8 Å². The first kappa shape index (κ1) is 11.4. The summed E-state index contributed by atoms with van der Waals surface area (Å²) in [5.41, 5.74) is 6.18. The first-order valence-corrected chi connectivity index (χ1v) is 4.73. The smallest absolute Gasteiger partial charge is 0.243 e. The molecule has 0 saturated heterocycles. The van der Waals surface area contributed by atoms with E-state index in [2.05, 4.69) is 5.32 Å². The van der Waals surface area contributed by atoms with Crippen LogP contribution in [-0.2, 0) is 16.0 Å². The minimum absolute atomic E-state index is 0.194. The van der Waals surface area contributed by atoms with Crippen LogP contribution in [0.15, 0.2) is 30.3 Å². The monoisotopic (exact) mass is 206 g/mol. The Morgan fingerprint density at radius 2 is 1.93 bits per heavy atom. The van der Waals surface area contributed by atoms with Crippen molar-refractivity contribution in [1.29, 1.82) is 0 Å². The van der Waals surface area contributed by atoms with Gasteiger partial charge in [-0.25, -0.2) is 0 Å². The molecule has 2 amide bonds. The molecule has 0 unspecified atom stereocenters. The fourth-order valence-electron chi connectivity index (χ4n) is 1.08. The zero-order chi connectivity index (χ0) is 11.3. The van der Waals surface area contributed by atoms with Crippen LogP contribution in [0.3, 0.4) is 0 Å². The van der Waals surface area contributed by atoms with Crippen molar-refractivity contribution < 1.29 is 9.59 Å². The van der Waals surface area contributed by atoms with Crippen LogP contribution >= 0.6 is 0 Å². The summed E-state index contributed by atoms with van der Waals surface area (Å²) in [5.74, 6) is -0.778.